The number of hydrogen-bond donors (Lipinski definition) is 3. The van der Waals surface area contributed by atoms with Gasteiger partial charge in [-0.25, -0.2) is 0 Å². The average Bonchev–Trinajstić information content (AvgIpc) is 2.66. The molecule has 0 radical (unpaired) electrons. The Morgan fingerprint density at radius 2 is 1.76 bits per heavy atom. The summed E-state index contributed by atoms with van der Waals surface area (Å²) in [5.41, 5.74) is 8.58. The summed E-state index contributed by atoms with van der Waals surface area (Å²) in [6.45, 7) is 4.63. The summed E-state index contributed by atoms with van der Waals surface area (Å²) in [6.07, 6.45) is 0. The van der Waals surface area contributed by atoms with Crippen LogP contribution in [0.4, 0.5) is 0 Å². The summed E-state index contributed by atoms with van der Waals surface area (Å²) < 4.78 is 0. The van der Waals surface area contributed by atoms with Crippen LogP contribution in [0.1, 0.15) is 41.4 Å². The molecule has 0 aliphatic carbocycles. The molecule has 25 heavy (non-hydrogen) atoms. The van der Waals surface area contributed by atoms with E-state index < -0.39 is 0 Å². The molecule has 5 nitrogen and oxygen atoms in total. The molecule has 0 fully saturated rings. The van der Waals surface area contributed by atoms with Crippen LogP contribution in [0.15, 0.2) is 54.6 Å². The molecule has 0 saturated heterocycles. The van der Waals surface area contributed by atoms with E-state index in [1.165, 1.54) is 0 Å². The highest BCUT2D eigenvalue weighted by molar-refractivity contribution is 5.94. The van der Waals surface area contributed by atoms with E-state index in [-0.39, 0.29) is 23.8 Å². The third kappa shape index (κ3) is 5.16. The Balaban J connectivity index is 1.95. The lowest BCUT2D eigenvalue weighted by molar-refractivity contribution is -0.125. The fraction of sp³-hybridized carbons (Fsp3) is 0.300. The summed E-state index contributed by atoms with van der Waals surface area (Å²) in [4.78, 5) is 24.3. The Kier molecular flexibility index (Phi) is 6.71. The Labute approximate surface area is 148 Å². The van der Waals surface area contributed by atoms with Crippen molar-refractivity contribution in [3.05, 3.63) is 71.3 Å². The molecule has 0 aliphatic rings. The molecule has 4 N–H and O–H groups in total. The largest absolute Gasteiger partial charge is 0.352 e. The first-order valence-corrected chi connectivity index (χ1v) is 8.48. The summed E-state index contributed by atoms with van der Waals surface area (Å²) in [5, 5.41) is 5.66. The second-order valence-corrected chi connectivity index (χ2v) is 6.00. The van der Waals surface area contributed by atoms with Crippen LogP contribution in [0.25, 0.3) is 0 Å². The van der Waals surface area contributed by atoms with E-state index >= 15 is 0 Å². The van der Waals surface area contributed by atoms with Crippen LogP contribution >= 0.6 is 0 Å². The van der Waals surface area contributed by atoms with E-state index in [1.54, 1.807) is 12.1 Å². The Hall–Kier alpha value is -2.66. The van der Waals surface area contributed by atoms with Gasteiger partial charge in [0.15, 0.2) is 0 Å². The van der Waals surface area contributed by atoms with Gasteiger partial charge in [0.1, 0.15) is 0 Å². The van der Waals surface area contributed by atoms with E-state index in [1.807, 2.05) is 56.3 Å². The zero-order valence-electron chi connectivity index (χ0n) is 14.7. The molecule has 0 spiro atoms. The van der Waals surface area contributed by atoms with Gasteiger partial charge < -0.3 is 16.4 Å². The van der Waals surface area contributed by atoms with Crippen molar-refractivity contribution in [3.63, 3.8) is 0 Å². The first kappa shape index (κ1) is 18.7. The van der Waals surface area contributed by atoms with Crippen LogP contribution < -0.4 is 16.4 Å². The van der Waals surface area contributed by atoms with Gasteiger partial charge in [0.2, 0.25) is 5.91 Å². The maximum atomic E-state index is 12.4. The van der Waals surface area contributed by atoms with Gasteiger partial charge in [-0.1, -0.05) is 49.4 Å². The van der Waals surface area contributed by atoms with Gasteiger partial charge in [0, 0.05) is 24.7 Å². The highest BCUT2D eigenvalue weighted by Gasteiger charge is 2.21. The monoisotopic (exact) mass is 339 g/mol. The molecule has 2 amide bonds. The van der Waals surface area contributed by atoms with E-state index in [9.17, 15) is 9.59 Å². The molecule has 2 unspecified atom stereocenters. The summed E-state index contributed by atoms with van der Waals surface area (Å²) >= 11 is 0. The molecular formula is C20H25N3O2. The molecule has 0 bridgehead atoms. The number of hydrogen-bond acceptors (Lipinski definition) is 3. The van der Waals surface area contributed by atoms with Crippen LogP contribution in [-0.2, 0) is 11.3 Å². The highest BCUT2D eigenvalue weighted by atomic mass is 16.2. The van der Waals surface area contributed by atoms with Crippen molar-refractivity contribution < 1.29 is 9.59 Å². The predicted octanol–water partition coefficient (Wildman–Crippen LogP) is 2.39. The zero-order chi connectivity index (χ0) is 18.2. The second kappa shape index (κ2) is 8.99. The van der Waals surface area contributed by atoms with E-state index in [0.29, 0.717) is 18.7 Å². The Bertz CT molecular complexity index is 716. The maximum Gasteiger partial charge on any atom is 0.251 e. The number of rotatable bonds is 7. The minimum absolute atomic E-state index is 0.111. The topological polar surface area (TPSA) is 84.2 Å². The van der Waals surface area contributed by atoms with Crippen molar-refractivity contribution in [1.29, 1.82) is 0 Å². The summed E-state index contributed by atoms with van der Waals surface area (Å²) in [5.74, 6) is -0.580. The van der Waals surface area contributed by atoms with E-state index in [0.717, 1.165) is 11.1 Å². The van der Waals surface area contributed by atoms with Gasteiger partial charge in [0.05, 0.1) is 5.92 Å². The number of carbonyl (C=O) groups is 2. The van der Waals surface area contributed by atoms with Gasteiger partial charge in [-0.15, -0.1) is 0 Å². The molecule has 132 valence electrons. The molecule has 2 aromatic carbocycles. The normalized spacial score (nSPS) is 12.9. The quantitative estimate of drug-likeness (QED) is 0.724. The van der Waals surface area contributed by atoms with Crippen molar-refractivity contribution in [2.45, 2.75) is 26.4 Å². The van der Waals surface area contributed by atoms with Crippen LogP contribution in [0.3, 0.4) is 0 Å². The lowest BCUT2D eigenvalue weighted by atomic mass is 9.94. The minimum atomic E-state index is -0.358. The van der Waals surface area contributed by atoms with E-state index in [4.69, 9.17) is 5.73 Å². The number of benzene rings is 2. The molecule has 5 heteroatoms. The van der Waals surface area contributed by atoms with Gasteiger partial charge in [0.25, 0.3) is 5.91 Å². The lowest BCUT2D eigenvalue weighted by Crippen LogP contribution is -2.35. The first-order chi connectivity index (χ1) is 12.0. The average molecular weight is 339 g/mol. The van der Waals surface area contributed by atoms with Gasteiger partial charge in [-0.3, -0.25) is 9.59 Å². The number of nitrogens with one attached hydrogen (secondary N) is 2. The molecular weight excluding hydrogens is 314 g/mol. The van der Waals surface area contributed by atoms with Gasteiger partial charge in [-0.05, 0) is 30.2 Å². The first-order valence-electron chi connectivity index (χ1n) is 8.48. The van der Waals surface area contributed by atoms with Crippen LogP contribution in [0.5, 0.6) is 0 Å². The van der Waals surface area contributed by atoms with Gasteiger partial charge >= 0.3 is 0 Å². The standard InChI is InChI=1S/C20H25N3O2/c1-3-22-20(25)17-11-7-8-15(12-17)13-23-19(24)14(2)18(21)16-9-5-4-6-10-16/h4-12,14,18H,3,13,21H2,1-2H3,(H,22,25)(H,23,24). The van der Waals surface area contributed by atoms with Gasteiger partial charge in [-0.2, -0.15) is 0 Å². The highest BCUT2D eigenvalue weighted by Crippen LogP contribution is 2.19. The van der Waals surface area contributed by atoms with Crippen molar-refractivity contribution in [1.82, 2.24) is 10.6 Å². The third-order valence-electron chi connectivity index (χ3n) is 4.13. The zero-order valence-corrected chi connectivity index (χ0v) is 14.7. The maximum absolute atomic E-state index is 12.4. The third-order valence-corrected chi connectivity index (χ3v) is 4.13. The van der Waals surface area contributed by atoms with Crippen LogP contribution in [-0.4, -0.2) is 18.4 Å². The van der Waals surface area contributed by atoms with Crippen molar-refractivity contribution in [2.24, 2.45) is 11.7 Å². The second-order valence-electron chi connectivity index (χ2n) is 6.00. The number of carbonyl (C=O) groups excluding carboxylic acids is 2. The molecule has 0 saturated carbocycles. The van der Waals surface area contributed by atoms with Crippen LogP contribution in [0, 0.1) is 5.92 Å². The molecule has 2 aromatic rings. The van der Waals surface area contributed by atoms with Crippen LogP contribution in [0.2, 0.25) is 0 Å². The minimum Gasteiger partial charge on any atom is -0.352 e. The van der Waals surface area contributed by atoms with Crippen molar-refractivity contribution in [2.75, 3.05) is 6.54 Å². The Morgan fingerprint density at radius 1 is 1.04 bits per heavy atom. The molecule has 2 rings (SSSR count). The smallest absolute Gasteiger partial charge is 0.251 e. The fourth-order valence-corrected chi connectivity index (χ4v) is 2.56. The molecule has 2 atom stereocenters. The summed E-state index contributed by atoms with van der Waals surface area (Å²) in [6, 6.07) is 16.5. The molecule has 0 heterocycles. The van der Waals surface area contributed by atoms with Crippen molar-refractivity contribution in [3.8, 4) is 0 Å². The Morgan fingerprint density at radius 3 is 2.44 bits per heavy atom. The van der Waals surface area contributed by atoms with E-state index in [2.05, 4.69) is 10.6 Å². The predicted molar refractivity (Wildman–Crippen MR) is 98.8 cm³/mol. The molecule has 0 aliphatic heterocycles. The SMILES string of the molecule is CCNC(=O)c1cccc(CNC(=O)C(C)C(N)c2ccccc2)c1. The molecule has 0 aromatic heterocycles. The summed E-state index contributed by atoms with van der Waals surface area (Å²) in [7, 11) is 0. The lowest BCUT2D eigenvalue weighted by Gasteiger charge is -2.20. The number of amides is 2. The van der Waals surface area contributed by atoms with Crippen molar-refractivity contribution >= 4 is 11.8 Å². The fourth-order valence-electron chi connectivity index (χ4n) is 2.56. The number of nitrogens with two attached hydrogens (primary N) is 1.